The summed E-state index contributed by atoms with van der Waals surface area (Å²) in [4.78, 5) is 13.0. The van der Waals surface area contributed by atoms with Crippen LogP contribution in [-0.4, -0.2) is 19.5 Å². The molecule has 0 atom stereocenters. The van der Waals surface area contributed by atoms with Gasteiger partial charge in [0.15, 0.2) is 17.8 Å². The second kappa shape index (κ2) is 5.89. The van der Waals surface area contributed by atoms with Gasteiger partial charge in [-0.1, -0.05) is 27.7 Å². The second-order valence-electron chi connectivity index (χ2n) is 4.21. The van der Waals surface area contributed by atoms with Crippen molar-refractivity contribution in [1.29, 1.82) is 0 Å². The Hall–Kier alpha value is -1.46. The van der Waals surface area contributed by atoms with Gasteiger partial charge in [-0.2, -0.15) is 0 Å². The van der Waals surface area contributed by atoms with Crippen LogP contribution in [-0.2, 0) is 0 Å². The van der Waals surface area contributed by atoms with Gasteiger partial charge >= 0.3 is 0 Å². The van der Waals surface area contributed by atoms with E-state index in [4.69, 9.17) is 9.47 Å². The van der Waals surface area contributed by atoms with Gasteiger partial charge in [-0.25, -0.2) is 0 Å². The molecule has 0 N–H and O–H groups in total. The maximum absolute atomic E-state index is 11.1. The number of aldehydes is 1. The SMILES string of the molecule is O=Cc1ccc(Br)cc1Sc1ccc2c(c1)OCCO2. The molecule has 1 heterocycles. The molecule has 0 saturated heterocycles. The van der Waals surface area contributed by atoms with Crippen LogP contribution in [0.25, 0.3) is 0 Å². The van der Waals surface area contributed by atoms with Crippen LogP contribution < -0.4 is 9.47 Å². The summed E-state index contributed by atoms with van der Waals surface area (Å²) in [6.07, 6.45) is 0.868. The van der Waals surface area contributed by atoms with Gasteiger partial charge < -0.3 is 9.47 Å². The third kappa shape index (κ3) is 2.83. The summed E-state index contributed by atoms with van der Waals surface area (Å²) in [7, 11) is 0. The van der Waals surface area contributed by atoms with Crippen molar-refractivity contribution in [2.75, 3.05) is 13.2 Å². The fraction of sp³-hybridized carbons (Fsp3) is 0.133. The summed E-state index contributed by atoms with van der Waals surface area (Å²) >= 11 is 4.95. The molecule has 1 aliphatic heterocycles. The van der Waals surface area contributed by atoms with Crippen LogP contribution in [0.1, 0.15) is 10.4 Å². The second-order valence-corrected chi connectivity index (χ2v) is 6.24. The Morgan fingerprint density at radius 3 is 2.65 bits per heavy atom. The molecular weight excluding hydrogens is 340 g/mol. The number of hydrogen-bond donors (Lipinski definition) is 0. The first-order valence-electron chi connectivity index (χ1n) is 6.08. The van der Waals surface area contributed by atoms with Crippen molar-refractivity contribution in [1.82, 2.24) is 0 Å². The van der Waals surface area contributed by atoms with E-state index in [9.17, 15) is 4.79 Å². The maximum atomic E-state index is 11.1. The molecule has 0 spiro atoms. The third-order valence-electron chi connectivity index (χ3n) is 2.84. The summed E-state index contributed by atoms with van der Waals surface area (Å²) in [5.41, 5.74) is 0.674. The van der Waals surface area contributed by atoms with Crippen LogP contribution in [0.3, 0.4) is 0 Å². The van der Waals surface area contributed by atoms with Gasteiger partial charge in [0.1, 0.15) is 13.2 Å². The Labute approximate surface area is 129 Å². The molecule has 0 radical (unpaired) electrons. The summed E-state index contributed by atoms with van der Waals surface area (Å²) in [5, 5.41) is 0. The Morgan fingerprint density at radius 2 is 1.85 bits per heavy atom. The van der Waals surface area contributed by atoms with Crippen LogP contribution in [0.15, 0.2) is 50.7 Å². The van der Waals surface area contributed by atoms with Gasteiger partial charge in [-0.15, -0.1) is 0 Å². The van der Waals surface area contributed by atoms with E-state index in [-0.39, 0.29) is 0 Å². The lowest BCUT2D eigenvalue weighted by atomic mass is 10.2. The van der Waals surface area contributed by atoms with E-state index < -0.39 is 0 Å². The lowest BCUT2D eigenvalue weighted by molar-refractivity contribution is 0.112. The van der Waals surface area contributed by atoms with Gasteiger partial charge in [-0.05, 0) is 36.4 Å². The van der Waals surface area contributed by atoms with E-state index >= 15 is 0 Å². The van der Waals surface area contributed by atoms with Crippen molar-refractivity contribution in [3.8, 4) is 11.5 Å². The first-order valence-corrected chi connectivity index (χ1v) is 7.69. The third-order valence-corrected chi connectivity index (χ3v) is 4.40. The highest BCUT2D eigenvalue weighted by Crippen LogP contribution is 2.38. The van der Waals surface area contributed by atoms with Crippen molar-refractivity contribution >= 4 is 34.0 Å². The zero-order valence-electron chi connectivity index (χ0n) is 10.5. The van der Waals surface area contributed by atoms with E-state index in [1.165, 1.54) is 11.8 Å². The summed E-state index contributed by atoms with van der Waals surface area (Å²) in [6, 6.07) is 11.4. The molecular formula is C15H11BrO3S. The topological polar surface area (TPSA) is 35.5 Å². The molecule has 0 fully saturated rings. The molecule has 102 valence electrons. The molecule has 3 rings (SSSR count). The summed E-state index contributed by atoms with van der Waals surface area (Å²) in [6.45, 7) is 1.15. The Kier molecular flexibility index (Phi) is 3.98. The van der Waals surface area contributed by atoms with Crippen LogP contribution in [0, 0.1) is 0 Å². The lowest BCUT2D eigenvalue weighted by Gasteiger charge is -2.18. The number of carbonyl (C=O) groups excluding carboxylic acids is 1. The molecule has 1 aliphatic rings. The van der Waals surface area contributed by atoms with Gasteiger partial charge in [0.2, 0.25) is 0 Å². The standard InChI is InChI=1S/C15H11BrO3S/c16-11-2-1-10(9-17)15(7-11)20-12-3-4-13-14(8-12)19-6-5-18-13/h1-4,7-9H,5-6H2. The molecule has 3 nitrogen and oxygen atoms in total. The van der Waals surface area contributed by atoms with E-state index in [2.05, 4.69) is 15.9 Å². The number of halogens is 1. The van der Waals surface area contributed by atoms with Gasteiger partial charge in [-0.3, -0.25) is 4.79 Å². The van der Waals surface area contributed by atoms with Gasteiger partial charge in [0, 0.05) is 19.8 Å². The zero-order chi connectivity index (χ0) is 13.9. The van der Waals surface area contributed by atoms with Crippen LogP contribution in [0.5, 0.6) is 11.5 Å². The van der Waals surface area contributed by atoms with Crippen molar-refractivity contribution in [3.05, 3.63) is 46.4 Å². The Bertz CT molecular complexity index is 658. The number of ether oxygens (including phenoxy) is 2. The van der Waals surface area contributed by atoms with E-state index in [1.54, 1.807) is 6.07 Å². The number of rotatable bonds is 3. The normalized spacial score (nSPS) is 13.1. The highest BCUT2D eigenvalue weighted by molar-refractivity contribution is 9.10. The van der Waals surface area contributed by atoms with Gasteiger partial charge in [0.25, 0.3) is 0 Å². The zero-order valence-corrected chi connectivity index (χ0v) is 12.9. The predicted molar refractivity (Wildman–Crippen MR) is 81.1 cm³/mol. The van der Waals surface area contributed by atoms with Crippen molar-refractivity contribution in [3.63, 3.8) is 0 Å². The fourth-order valence-electron chi connectivity index (χ4n) is 1.91. The Morgan fingerprint density at radius 1 is 1.05 bits per heavy atom. The smallest absolute Gasteiger partial charge is 0.162 e. The monoisotopic (exact) mass is 350 g/mol. The maximum Gasteiger partial charge on any atom is 0.162 e. The minimum Gasteiger partial charge on any atom is -0.486 e. The van der Waals surface area contributed by atoms with Crippen molar-refractivity contribution < 1.29 is 14.3 Å². The number of benzene rings is 2. The van der Waals surface area contributed by atoms with E-state index in [1.807, 2.05) is 30.3 Å². The summed E-state index contributed by atoms with van der Waals surface area (Å²) < 4.78 is 12.0. The first kappa shape index (κ1) is 13.5. The molecule has 0 aliphatic carbocycles. The average molecular weight is 351 g/mol. The molecule has 0 unspecified atom stereocenters. The summed E-state index contributed by atoms with van der Waals surface area (Å²) in [5.74, 6) is 1.52. The minimum atomic E-state index is 0.567. The average Bonchev–Trinajstić information content (AvgIpc) is 2.47. The molecule has 2 aromatic rings. The largest absolute Gasteiger partial charge is 0.486 e. The van der Waals surface area contributed by atoms with Gasteiger partial charge in [0.05, 0.1) is 0 Å². The van der Waals surface area contributed by atoms with Crippen molar-refractivity contribution in [2.24, 2.45) is 0 Å². The highest BCUT2D eigenvalue weighted by Gasteiger charge is 2.13. The lowest BCUT2D eigenvalue weighted by Crippen LogP contribution is -2.15. The van der Waals surface area contributed by atoms with E-state index in [0.717, 1.165) is 32.0 Å². The van der Waals surface area contributed by atoms with Crippen LogP contribution in [0.2, 0.25) is 0 Å². The van der Waals surface area contributed by atoms with Crippen molar-refractivity contribution in [2.45, 2.75) is 9.79 Å². The number of hydrogen-bond acceptors (Lipinski definition) is 4. The minimum absolute atomic E-state index is 0.567. The molecule has 0 bridgehead atoms. The van der Waals surface area contributed by atoms with Crippen LogP contribution >= 0.6 is 27.7 Å². The molecule has 5 heteroatoms. The first-order chi connectivity index (χ1) is 9.76. The molecule has 0 saturated carbocycles. The number of carbonyl (C=O) groups is 1. The van der Waals surface area contributed by atoms with Crippen LogP contribution in [0.4, 0.5) is 0 Å². The molecule has 0 amide bonds. The molecule has 0 aromatic heterocycles. The molecule has 2 aromatic carbocycles. The predicted octanol–water partition coefficient (Wildman–Crippen LogP) is 4.18. The van der Waals surface area contributed by atoms with E-state index in [0.29, 0.717) is 18.8 Å². The highest BCUT2D eigenvalue weighted by atomic mass is 79.9. The Balaban J connectivity index is 1.91. The fourth-order valence-corrected chi connectivity index (χ4v) is 3.40. The molecule has 20 heavy (non-hydrogen) atoms. The quantitative estimate of drug-likeness (QED) is 0.777. The number of fused-ring (bicyclic) bond motifs is 1.